The third kappa shape index (κ3) is 5.86. The van der Waals surface area contributed by atoms with Gasteiger partial charge in [-0.2, -0.15) is 0 Å². The number of carboxylic acid groups (broad SMARTS) is 2. The van der Waals surface area contributed by atoms with Crippen LogP contribution < -0.4 is 5.56 Å². The number of aromatic nitrogens is 3. The summed E-state index contributed by atoms with van der Waals surface area (Å²) < 4.78 is 3.64. The number of carbonyl (C=O) groups is 2. The SMILES string of the molecule is Cn1cncc1C(CCl)(c1ccc(Cl)cc1)c1ccc2c(c1)c(-c1cccc(Cl)c1)cc(=O)n2C.O=C(O)C(=O)O. The number of halogens is 3. The molecule has 0 spiro atoms. The minimum absolute atomic E-state index is 0.0897. The van der Waals surface area contributed by atoms with Crippen LogP contribution in [0.3, 0.4) is 0 Å². The number of alkyl halides is 1. The number of aliphatic carboxylic acids is 2. The number of nitrogens with zero attached hydrogens (tertiary/aromatic N) is 3. The molecule has 8 nitrogen and oxygen atoms in total. The van der Waals surface area contributed by atoms with Gasteiger partial charge in [0.1, 0.15) is 0 Å². The van der Waals surface area contributed by atoms with E-state index in [1.807, 2.05) is 78.5 Å². The van der Waals surface area contributed by atoms with Crippen LogP contribution in [0.25, 0.3) is 22.0 Å². The Labute approximate surface area is 250 Å². The van der Waals surface area contributed by atoms with Crippen LogP contribution in [-0.2, 0) is 29.1 Å². The van der Waals surface area contributed by atoms with Gasteiger partial charge in [-0.3, -0.25) is 4.79 Å². The van der Waals surface area contributed by atoms with Gasteiger partial charge in [0.25, 0.3) is 5.56 Å². The van der Waals surface area contributed by atoms with Crippen LogP contribution in [0.4, 0.5) is 0 Å². The number of hydrogen-bond donors (Lipinski definition) is 2. The highest BCUT2D eigenvalue weighted by Crippen LogP contribution is 2.42. The van der Waals surface area contributed by atoms with Gasteiger partial charge in [0.05, 0.1) is 23.0 Å². The number of pyridine rings is 1. The maximum Gasteiger partial charge on any atom is 0.414 e. The molecule has 0 aliphatic rings. The molecule has 2 aromatic heterocycles. The second-order valence-corrected chi connectivity index (χ2v) is 10.4. The lowest BCUT2D eigenvalue weighted by molar-refractivity contribution is -0.159. The number of fused-ring (bicyclic) bond motifs is 1. The minimum Gasteiger partial charge on any atom is -0.473 e. The van der Waals surface area contributed by atoms with Gasteiger partial charge in [0.2, 0.25) is 0 Å². The fraction of sp³-hybridized carbons (Fsp3) is 0.133. The highest BCUT2D eigenvalue weighted by Gasteiger charge is 2.38. The molecule has 11 heteroatoms. The Morgan fingerprint density at radius 3 is 2.10 bits per heavy atom. The molecule has 1 unspecified atom stereocenters. The second kappa shape index (κ2) is 12.2. The Hall–Kier alpha value is -4.11. The van der Waals surface area contributed by atoms with E-state index in [1.165, 1.54) is 0 Å². The zero-order chi connectivity index (χ0) is 29.9. The number of imidazole rings is 1. The molecule has 2 N–H and O–H groups in total. The summed E-state index contributed by atoms with van der Waals surface area (Å²) >= 11 is 19.4. The largest absolute Gasteiger partial charge is 0.473 e. The molecule has 210 valence electrons. The third-order valence-corrected chi connectivity index (χ3v) is 7.74. The second-order valence-electron chi connectivity index (χ2n) is 9.24. The summed E-state index contributed by atoms with van der Waals surface area (Å²) in [5.74, 6) is -3.37. The maximum atomic E-state index is 12.8. The van der Waals surface area contributed by atoms with Crippen molar-refractivity contribution in [3.63, 3.8) is 0 Å². The highest BCUT2D eigenvalue weighted by molar-refractivity contribution is 6.31. The molecule has 0 saturated heterocycles. The quantitative estimate of drug-likeness (QED) is 0.187. The molecular formula is C30H24Cl3N3O5. The molecular weight excluding hydrogens is 589 g/mol. The van der Waals surface area contributed by atoms with Crippen LogP contribution in [0, 0.1) is 0 Å². The summed E-state index contributed by atoms with van der Waals surface area (Å²) in [6.07, 6.45) is 3.62. The maximum absolute atomic E-state index is 12.8. The standard InChI is InChI=1S/C28H22Cl3N3O.C2H2O4/c1-33-17-32-15-26(33)28(16-29,19-6-9-21(30)10-7-19)20-8-11-25-24(13-20)23(14-27(35)34(25)2)18-4-3-5-22(31)12-18;3-1(4)2(5)6/h3-15,17H,16H2,1-2H3;(H,3,4)(H,5,6). The van der Waals surface area contributed by atoms with Gasteiger partial charge in [0, 0.05) is 47.7 Å². The molecule has 0 aliphatic carbocycles. The first-order valence-corrected chi connectivity index (χ1v) is 13.4. The monoisotopic (exact) mass is 611 g/mol. The molecule has 0 aliphatic heterocycles. The number of carboxylic acids is 2. The van der Waals surface area contributed by atoms with Crippen molar-refractivity contribution < 1.29 is 19.8 Å². The summed E-state index contributed by atoms with van der Waals surface area (Å²) in [6.45, 7) is 0. The lowest BCUT2D eigenvalue weighted by Gasteiger charge is -2.34. The van der Waals surface area contributed by atoms with E-state index in [2.05, 4.69) is 11.1 Å². The molecule has 0 amide bonds. The zero-order valence-corrected chi connectivity index (χ0v) is 24.2. The fourth-order valence-corrected chi connectivity index (χ4v) is 5.57. The Morgan fingerprint density at radius 2 is 1.54 bits per heavy atom. The molecule has 2 heterocycles. The first-order chi connectivity index (χ1) is 19.5. The molecule has 0 fully saturated rings. The summed E-state index contributed by atoms with van der Waals surface area (Å²) in [5.41, 5.74) is 4.64. The van der Waals surface area contributed by atoms with E-state index >= 15 is 0 Å². The van der Waals surface area contributed by atoms with Crippen LogP contribution >= 0.6 is 34.8 Å². The number of hydrogen-bond acceptors (Lipinski definition) is 4. The molecule has 41 heavy (non-hydrogen) atoms. The van der Waals surface area contributed by atoms with Gasteiger partial charge in [0.15, 0.2) is 0 Å². The van der Waals surface area contributed by atoms with Crippen molar-refractivity contribution in [1.29, 1.82) is 0 Å². The molecule has 3 aromatic carbocycles. The average Bonchev–Trinajstić information content (AvgIpc) is 3.38. The van der Waals surface area contributed by atoms with Crippen molar-refractivity contribution in [1.82, 2.24) is 14.1 Å². The van der Waals surface area contributed by atoms with E-state index in [9.17, 15) is 4.79 Å². The van der Waals surface area contributed by atoms with Crippen molar-refractivity contribution in [2.24, 2.45) is 14.1 Å². The van der Waals surface area contributed by atoms with Gasteiger partial charge in [-0.15, -0.1) is 11.6 Å². The van der Waals surface area contributed by atoms with E-state index in [1.54, 1.807) is 24.0 Å². The highest BCUT2D eigenvalue weighted by atomic mass is 35.5. The van der Waals surface area contributed by atoms with Crippen LogP contribution in [0.5, 0.6) is 0 Å². The molecule has 0 bridgehead atoms. The van der Waals surface area contributed by atoms with Crippen molar-refractivity contribution >= 4 is 57.6 Å². The zero-order valence-electron chi connectivity index (χ0n) is 21.9. The smallest absolute Gasteiger partial charge is 0.414 e. The normalized spacial score (nSPS) is 12.3. The third-order valence-electron chi connectivity index (χ3n) is 6.85. The van der Waals surface area contributed by atoms with Gasteiger partial charge in [-0.05, 0) is 58.7 Å². The molecule has 5 rings (SSSR count). The van der Waals surface area contributed by atoms with Gasteiger partial charge in [-0.25, -0.2) is 14.6 Å². The van der Waals surface area contributed by atoms with Crippen molar-refractivity contribution in [2.75, 3.05) is 5.88 Å². The Balaban J connectivity index is 0.000000585. The van der Waals surface area contributed by atoms with Crippen LogP contribution in [0.2, 0.25) is 10.0 Å². The van der Waals surface area contributed by atoms with Gasteiger partial charge in [-0.1, -0.05) is 53.5 Å². The topological polar surface area (TPSA) is 114 Å². The predicted octanol–water partition coefficient (Wildman–Crippen LogP) is 5.97. The summed E-state index contributed by atoms with van der Waals surface area (Å²) in [5, 5.41) is 17.0. The predicted molar refractivity (Wildman–Crippen MR) is 160 cm³/mol. The van der Waals surface area contributed by atoms with E-state index in [0.717, 1.165) is 38.9 Å². The van der Waals surface area contributed by atoms with E-state index < -0.39 is 17.4 Å². The Kier molecular flexibility index (Phi) is 8.87. The lowest BCUT2D eigenvalue weighted by atomic mass is 9.73. The summed E-state index contributed by atoms with van der Waals surface area (Å²) in [7, 11) is 3.74. The van der Waals surface area contributed by atoms with Crippen molar-refractivity contribution in [3.8, 4) is 11.1 Å². The molecule has 0 radical (unpaired) electrons. The molecule has 0 saturated carbocycles. The van der Waals surface area contributed by atoms with E-state index in [0.29, 0.717) is 10.0 Å². The van der Waals surface area contributed by atoms with Gasteiger partial charge >= 0.3 is 11.9 Å². The Bertz CT molecular complexity index is 1800. The summed E-state index contributed by atoms with van der Waals surface area (Å²) in [4.78, 5) is 35.4. The van der Waals surface area contributed by atoms with Crippen molar-refractivity contribution in [3.05, 3.63) is 123 Å². The lowest BCUT2D eigenvalue weighted by Crippen LogP contribution is -2.33. The average molecular weight is 613 g/mol. The van der Waals surface area contributed by atoms with E-state index in [-0.39, 0.29) is 11.4 Å². The fourth-order valence-electron chi connectivity index (χ4n) is 4.81. The number of rotatable bonds is 5. The first-order valence-electron chi connectivity index (χ1n) is 12.1. The van der Waals surface area contributed by atoms with Crippen LogP contribution in [-0.4, -0.2) is 42.1 Å². The summed E-state index contributed by atoms with van der Waals surface area (Å²) in [6, 6.07) is 23.1. The number of benzene rings is 3. The van der Waals surface area contributed by atoms with Crippen molar-refractivity contribution in [2.45, 2.75) is 5.41 Å². The van der Waals surface area contributed by atoms with Crippen LogP contribution in [0.15, 0.2) is 90.1 Å². The molecule has 1 atom stereocenters. The molecule has 5 aromatic rings. The minimum atomic E-state index is -1.82. The first kappa shape index (κ1) is 29.9. The van der Waals surface area contributed by atoms with Crippen LogP contribution in [0.1, 0.15) is 16.8 Å². The van der Waals surface area contributed by atoms with Gasteiger partial charge < -0.3 is 19.3 Å². The van der Waals surface area contributed by atoms with E-state index in [4.69, 9.17) is 54.6 Å². The number of aryl methyl sites for hydroxylation is 2. The Morgan fingerprint density at radius 1 is 0.878 bits per heavy atom.